The molecule has 0 aromatic heterocycles. The second-order valence-corrected chi connectivity index (χ2v) is 1.48. The fourth-order valence-electron chi connectivity index (χ4n) is 0.513. The molecule has 0 aliphatic rings. The molecule has 0 heterocycles. The fraction of sp³-hybridized carbons (Fsp3) is 0. The Hall–Kier alpha value is -1.37. The van der Waals surface area contributed by atoms with Gasteiger partial charge in [0, 0.05) is 0 Å². The van der Waals surface area contributed by atoms with Crippen molar-refractivity contribution >= 4 is 0 Å². The average molecular weight is 135 g/mol. The number of hydrogen-bond acceptors (Lipinski definition) is 3. The number of nitrogens with two attached hydrogens (primary N) is 2. The predicted octanol–water partition coefficient (Wildman–Crippen LogP) is 0.377. The molecule has 3 heteroatoms. The van der Waals surface area contributed by atoms with Crippen molar-refractivity contribution in [1.29, 1.82) is 5.26 Å². The zero-order chi connectivity index (χ0) is 7.82. The second-order valence-electron chi connectivity index (χ2n) is 1.48. The third-order valence-electron chi connectivity index (χ3n) is 0.903. The Morgan fingerprint density at radius 1 is 1.10 bits per heavy atom. The molecule has 1 aromatic rings. The zero-order valence-corrected chi connectivity index (χ0v) is 5.49. The minimum atomic E-state index is 0.715. The van der Waals surface area contributed by atoms with Gasteiger partial charge >= 0.3 is 0 Å². The monoisotopic (exact) mass is 135 g/mol. The highest BCUT2D eigenvalue weighted by atomic mass is 15.0. The quantitative estimate of drug-likeness (QED) is 0.398. The van der Waals surface area contributed by atoms with Gasteiger partial charge in [0.15, 0.2) is 0 Å². The van der Waals surface area contributed by atoms with Crippen molar-refractivity contribution in [2.75, 3.05) is 0 Å². The molecule has 0 atom stereocenters. The number of hydrazine groups is 1. The molecule has 0 amide bonds. The summed E-state index contributed by atoms with van der Waals surface area (Å²) >= 11 is 0. The van der Waals surface area contributed by atoms with Gasteiger partial charge in [0.05, 0.1) is 11.6 Å². The van der Waals surface area contributed by atoms with Crippen molar-refractivity contribution in [3.63, 3.8) is 0 Å². The average Bonchev–Trinajstić information content (AvgIpc) is 2.10. The van der Waals surface area contributed by atoms with Crippen LogP contribution in [0.15, 0.2) is 30.3 Å². The lowest BCUT2D eigenvalue weighted by atomic mass is 10.2. The van der Waals surface area contributed by atoms with E-state index in [4.69, 9.17) is 5.26 Å². The van der Waals surface area contributed by atoms with Gasteiger partial charge in [0.1, 0.15) is 0 Å². The molecule has 10 heavy (non-hydrogen) atoms. The maximum atomic E-state index is 8.29. The van der Waals surface area contributed by atoms with Gasteiger partial charge in [0.2, 0.25) is 0 Å². The summed E-state index contributed by atoms with van der Waals surface area (Å²) < 4.78 is 0. The van der Waals surface area contributed by atoms with E-state index in [0.717, 1.165) is 0 Å². The van der Waals surface area contributed by atoms with Gasteiger partial charge in [-0.15, -0.1) is 0 Å². The molecule has 1 rings (SSSR count). The summed E-state index contributed by atoms with van der Waals surface area (Å²) in [5.74, 6) is 8.00. The lowest BCUT2D eigenvalue weighted by molar-refractivity contribution is 1.26. The highest BCUT2D eigenvalue weighted by Gasteiger charge is 1.79. The van der Waals surface area contributed by atoms with Gasteiger partial charge in [-0.1, -0.05) is 18.2 Å². The van der Waals surface area contributed by atoms with E-state index in [0.29, 0.717) is 5.56 Å². The van der Waals surface area contributed by atoms with Crippen molar-refractivity contribution in [2.45, 2.75) is 0 Å². The van der Waals surface area contributed by atoms with Gasteiger partial charge in [-0.3, -0.25) is 11.7 Å². The van der Waals surface area contributed by atoms with E-state index in [2.05, 4.69) is 11.7 Å². The van der Waals surface area contributed by atoms with E-state index < -0.39 is 0 Å². The first kappa shape index (κ1) is 8.63. The van der Waals surface area contributed by atoms with E-state index in [9.17, 15) is 0 Å². The fourth-order valence-corrected chi connectivity index (χ4v) is 0.513. The number of benzene rings is 1. The van der Waals surface area contributed by atoms with Crippen molar-refractivity contribution in [2.24, 2.45) is 11.7 Å². The van der Waals surface area contributed by atoms with Crippen molar-refractivity contribution < 1.29 is 0 Å². The Labute approximate surface area is 59.8 Å². The molecular weight excluding hydrogens is 126 g/mol. The van der Waals surface area contributed by atoms with Crippen LogP contribution in [0, 0.1) is 11.3 Å². The first-order valence-corrected chi connectivity index (χ1v) is 2.72. The summed E-state index contributed by atoms with van der Waals surface area (Å²) in [5.41, 5.74) is 0.715. The molecule has 4 N–H and O–H groups in total. The summed E-state index contributed by atoms with van der Waals surface area (Å²) in [7, 11) is 0. The molecule has 0 spiro atoms. The summed E-state index contributed by atoms with van der Waals surface area (Å²) in [5, 5.41) is 8.29. The summed E-state index contributed by atoms with van der Waals surface area (Å²) in [6.07, 6.45) is 0. The molecule has 0 aliphatic heterocycles. The maximum absolute atomic E-state index is 8.29. The highest BCUT2D eigenvalue weighted by molar-refractivity contribution is 5.27. The third kappa shape index (κ3) is 2.82. The first-order valence-electron chi connectivity index (χ1n) is 2.72. The molecule has 3 nitrogen and oxygen atoms in total. The molecule has 0 radical (unpaired) electrons. The minimum Gasteiger partial charge on any atom is -0.274 e. The third-order valence-corrected chi connectivity index (χ3v) is 0.903. The summed E-state index contributed by atoms with van der Waals surface area (Å²) in [6, 6.07) is 11.2. The maximum Gasteiger partial charge on any atom is 0.0991 e. The van der Waals surface area contributed by atoms with Crippen molar-refractivity contribution in [1.82, 2.24) is 0 Å². The van der Waals surface area contributed by atoms with Gasteiger partial charge in [0.25, 0.3) is 0 Å². The number of hydrogen-bond donors (Lipinski definition) is 2. The Kier molecular flexibility index (Phi) is 4.97. The normalized spacial score (nSPS) is 6.90. The van der Waals surface area contributed by atoms with Gasteiger partial charge in [-0.05, 0) is 12.1 Å². The van der Waals surface area contributed by atoms with Crippen LogP contribution >= 0.6 is 0 Å². The predicted molar refractivity (Wildman–Crippen MR) is 39.5 cm³/mol. The van der Waals surface area contributed by atoms with Crippen LogP contribution in [0.5, 0.6) is 0 Å². The molecular formula is C7H9N3. The van der Waals surface area contributed by atoms with Gasteiger partial charge in [-0.2, -0.15) is 5.26 Å². The Morgan fingerprint density at radius 3 is 1.90 bits per heavy atom. The van der Waals surface area contributed by atoms with Crippen LogP contribution in [0.3, 0.4) is 0 Å². The lowest BCUT2D eigenvalue weighted by Gasteiger charge is -1.80. The van der Waals surface area contributed by atoms with Crippen LogP contribution in [0.1, 0.15) is 5.56 Å². The number of nitrogens with zero attached hydrogens (tertiary/aromatic N) is 1. The molecule has 0 bridgehead atoms. The van der Waals surface area contributed by atoms with Crippen molar-refractivity contribution in [3.8, 4) is 6.07 Å². The summed E-state index contributed by atoms with van der Waals surface area (Å²) in [4.78, 5) is 0. The van der Waals surface area contributed by atoms with E-state index >= 15 is 0 Å². The Morgan fingerprint density at radius 2 is 1.60 bits per heavy atom. The van der Waals surface area contributed by atoms with E-state index in [-0.39, 0.29) is 0 Å². The lowest BCUT2D eigenvalue weighted by Crippen LogP contribution is -2.02. The van der Waals surface area contributed by atoms with Crippen molar-refractivity contribution in [3.05, 3.63) is 35.9 Å². The van der Waals surface area contributed by atoms with Crippen LogP contribution < -0.4 is 11.7 Å². The SMILES string of the molecule is N#Cc1ccccc1.NN. The van der Waals surface area contributed by atoms with E-state index in [1.165, 1.54) is 0 Å². The highest BCUT2D eigenvalue weighted by Crippen LogP contribution is 1.92. The molecule has 0 unspecified atom stereocenters. The van der Waals surface area contributed by atoms with Crippen LogP contribution in [-0.2, 0) is 0 Å². The van der Waals surface area contributed by atoms with Crippen LogP contribution in [0.25, 0.3) is 0 Å². The largest absolute Gasteiger partial charge is 0.274 e. The second kappa shape index (κ2) is 5.76. The number of rotatable bonds is 0. The topological polar surface area (TPSA) is 75.8 Å². The summed E-state index contributed by atoms with van der Waals surface area (Å²) in [6.45, 7) is 0. The Bertz CT molecular complexity index is 200. The Balaban J connectivity index is 0.000000371. The van der Waals surface area contributed by atoms with E-state index in [1.807, 2.05) is 24.3 Å². The molecule has 0 aliphatic carbocycles. The molecule has 0 fully saturated rings. The standard InChI is InChI=1S/C7H5N.H4N2/c8-6-7-4-2-1-3-5-7;1-2/h1-5H;1-2H2. The van der Waals surface area contributed by atoms with E-state index in [1.54, 1.807) is 12.1 Å². The van der Waals surface area contributed by atoms with Crippen LogP contribution in [-0.4, -0.2) is 0 Å². The zero-order valence-electron chi connectivity index (χ0n) is 5.49. The van der Waals surface area contributed by atoms with Gasteiger partial charge < -0.3 is 0 Å². The molecule has 0 saturated heterocycles. The smallest absolute Gasteiger partial charge is 0.0991 e. The van der Waals surface area contributed by atoms with Gasteiger partial charge in [-0.25, -0.2) is 0 Å². The first-order chi connectivity index (χ1) is 4.93. The molecule has 52 valence electrons. The molecule has 1 aromatic carbocycles. The number of nitriles is 1. The van der Waals surface area contributed by atoms with Crippen LogP contribution in [0.2, 0.25) is 0 Å². The van der Waals surface area contributed by atoms with Crippen LogP contribution in [0.4, 0.5) is 0 Å². The minimum absolute atomic E-state index is 0.715. The molecule has 0 saturated carbocycles.